The molecule has 2 atom stereocenters. The molecule has 2 unspecified atom stereocenters. The summed E-state index contributed by atoms with van der Waals surface area (Å²) in [7, 11) is 0. The first-order valence-electron chi connectivity index (χ1n) is 6.20. The molecule has 0 bridgehead atoms. The van der Waals surface area contributed by atoms with E-state index in [4.69, 9.17) is 4.74 Å². The molecule has 0 aromatic carbocycles. The highest BCUT2D eigenvalue weighted by atomic mass is 79.9. The normalized spacial score (nSPS) is 27.1. The molecule has 100 valence electrons. The molecule has 0 spiro atoms. The predicted molar refractivity (Wildman–Crippen MR) is 74.2 cm³/mol. The third-order valence-corrected chi connectivity index (χ3v) is 4.03. The van der Waals surface area contributed by atoms with Crippen molar-refractivity contribution in [3.63, 3.8) is 0 Å². The lowest BCUT2D eigenvalue weighted by Gasteiger charge is -2.30. The lowest BCUT2D eigenvalue weighted by Crippen LogP contribution is -2.32. The van der Waals surface area contributed by atoms with Crippen LogP contribution in [0.15, 0.2) is 22.9 Å². The SMILES string of the molecule is CC1(C)CC(C(O)c2cncc(Br)c2)C(C)(C)O1. The fourth-order valence-electron chi connectivity index (χ4n) is 2.92. The minimum Gasteiger partial charge on any atom is -0.388 e. The van der Waals surface area contributed by atoms with Crippen molar-refractivity contribution in [1.29, 1.82) is 0 Å². The van der Waals surface area contributed by atoms with Crippen molar-refractivity contribution in [1.82, 2.24) is 4.98 Å². The number of pyridine rings is 1. The standard InChI is InChI=1S/C14H20BrNO2/c1-13(2)6-11(14(3,4)18-13)12(17)9-5-10(15)8-16-7-9/h5,7-8,11-12,17H,6H2,1-4H3. The molecule has 3 nitrogen and oxygen atoms in total. The highest BCUT2D eigenvalue weighted by Gasteiger charge is 2.49. The van der Waals surface area contributed by atoms with E-state index in [-0.39, 0.29) is 17.1 Å². The Balaban J connectivity index is 2.26. The average molecular weight is 314 g/mol. The maximum Gasteiger partial charge on any atom is 0.0861 e. The van der Waals surface area contributed by atoms with Gasteiger partial charge in [-0.25, -0.2) is 0 Å². The summed E-state index contributed by atoms with van der Waals surface area (Å²) in [4.78, 5) is 4.11. The van der Waals surface area contributed by atoms with Gasteiger partial charge in [-0.3, -0.25) is 4.98 Å². The summed E-state index contributed by atoms with van der Waals surface area (Å²) in [6, 6.07) is 1.92. The number of aliphatic hydroxyl groups is 1. The van der Waals surface area contributed by atoms with Gasteiger partial charge in [-0.15, -0.1) is 0 Å². The number of nitrogens with zero attached hydrogens (tertiary/aromatic N) is 1. The van der Waals surface area contributed by atoms with E-state index in [1.807, 2.05) is 19.9 Å². The molecule has 1 aromatic rings. The lowest BCUT2D eigenvalue weighted by atomic mass is 9.81. The molecule has 0 radical (unpaired) electrons. The van der Waals surface area contributed by atoms with Crippen LogP contribution in [0.3, 0.4) is 0 Å². The first-order chi connectivity index (χ1) is 8.21. The van der Waals surface area contributed by atoms with Crippen LogP contribution in [0, 0.1) is 5.92 Å². The van der Waals surface area contributed by atoms with E-state index >= 15 is 0 Å². The molecule has 1 N–H and O–H groups in total. The van der Waals surface area contributed by atoms with Crippen molar-refractivity contribution in [2.75, 3.05) is 0 Å². The third-order valence-electron chi connectivity index (χ3n) is 3.59. The number of aromatic nitrogens is 1. The Bertz CT molecular complexity index is 445. The summed E-state index contributed by atoms with van der Waals surface area (Å²) < 4.78 is 6.91. The molecule has 18 heavy (non-hydrogen) atoms. The molecule has 0 saturated carbocycles. The summed E-state index contributed by atoms with van der Waals surface area (Å²) >= 11 is 3.39. The number of hydrogen-bond donors (Lipinski definition) is 1. The Morgan fingerprint density at radius 1 is 1.39 bits per heavy atom. The molecule has 1 aromatic heterocycles. The zero-order chi connectivity index (χ0) is 13.6. The number of hydrogen-bond acceptors (Lipinski definition) is 3. The zero-order valence-corrected chi connectivity index (χ0v) is 12.9. The Hall–Kier alpha value is -0.450. The minimum absolute atomic E-state index is 0.0728. The molecule has 4 heteroatoms. The van der Waals surface area contributed by atoms with Crippen molar-refractivity contribution < 1.29 is 9.84 Å². The fraction of sp³-hybridized carbons (Fsp3) is 0.643. The van der Waals surface area contributed by atoms with Gasteiger partial charge in [-0.2, -0.15) is 0 Å². The van der Waals surface area contributed by atoms with Gasteiger partial charge in [0.2, 0.25) is 0 Å². The van der Waals surface area contributed by atoms with E-state index in [1.54, 1.807) is 12.4 Å². The Morgan fingerprint density at radius 3 is 2.56 bits per heavy atom. The largest absolute Gasteiger partial charge is 0.388 e. The van der Waals surface area contributed by atoms with Crippen LogP contribution in [0.1, 0.15) is 45.8 Å². The van der Waals surface area contributed by atoms with E-state index < -0.39 is 6.10 Å². The maximum absolute atomic E-state index is 10.6. The number of aliphatic hydroxyl groups excluding tert-OH is 1. The van der Waals surface area contributed by atoms with Crippen LogP contribution >= 0.6 is 15.9 Å². The molecular weight excluding hydrogens is 294 g/mol. The molecule has 1 saturated heterocycles. The summed E-state index contributed by atoms with van der Waals surface area (Å²) in [6.07, 6.45) is 3.73. The summed E-state index contributed by atoms with van der Waals surface area (Å²) in [5.41, 5.74) is 0.323. The maximum atomic E-state index is 10.6. The Kier molecular flexibility index (Phi) is 3.56. The smallest absolute Gasteiger partial charge is 0.0861 e. The van der Waals surface area contributed by atoms with E-state index in [9.17, 15) is 5.11 Å². The van der Waals surface area contributed by atoms with Gasteiger partial charge in [0, 0.05) is 28.3 Å². The van der Waals surface area contributed by atoms with Gasteiger partial charge in [0.05, 0.1) is 17.3 Å². The van der Waals surface area contributed by atoms with Crippen molar-refractivity contribution in [2.45, 2.75) is 51.4 Å². The van der Waals surface area contributed by atoms with Gasteiger partial charge < -0.3 is 9.84 Å². The van der Waals surface area contributed by atoms with Crippen LogP contribution in [0.5, 0.6) is 0 Å². The van der Waals surface area contributed by atoms with Crippen LogP contribution in [-0.4, -0.2) is 21.3 Å². The molecule has 2 heterocycles. The van der Waals surface area contributed by atoms with Crippen LogP contribution in [0.2, 0.25) is 0 Å². The summed E-state index contributed by atoms with van der Waals surface area (Å²) in [5.74, 6) is 0.0728. The Labute approximate surface area is 117 Å². The zero-order valence-electron chi connectivity index (χ0n) is 11.3. The summed E-state index contributed by atoms with van der Waals surface area (Å²) in [5, 5.41) is 10.6. The topological polar surface area (TPSA) is 42.4 Å². The number of rotatable bonds is 2. The molecule has 1 aliphatic heterocycles. The van der Waals surface area contributed by atoms with Crippen LogP contribution in [0.25, 0.3) is 0 Å². The Morgan fingerprint density at radius 2 is 2.06 bits per heavy atom. The number of halogens is 1. The van der Waals surface area contributed by atoms with Crippen molar-refractivity contribution in [2.24, 2.45) is 5.92 Å². The first-order valence-corrected chi connectivity index (χ1v) is 6.99. The predicted octanol–water partition coefficient (Wildman–Crippen LogP) is 3.47. The minimum atomic E-state index is -0.549. The fourth-order valence-corrected chi connectivity index (χ4v) is 3.30. The van der Waals surface area contributed by atoms with E-state index in [2.05, 4.69) is 34.8 Å². The van der Waals surface area contributed by atoms with E-state index in [0.717, 1.165) is 16.5 Å². The van der Waals surface area contributed by atoms with Crippen molar-refractivity contribution >= 4 is 15.9 Å². The molecule has 1 aliphatic rings. The highest BCUT2D eigenvalue weighted by molar-refractivity contribution is 9.10. The second-order valence-electron chi connectivity index (χ2n) is 6.16. The molecule has 0 amide bonds. The van der Waals surface area contributed by atoms with Gasteiger partial charge >= 0.3 is 0 Å². The van der Waals surface area contributed by atoms with Crippen LogP contribution < -0.4 is 0 Å². The van der Waals surface area contributed by atoms with Crippen molar-refractivity contribution in [3.8, 4) is 0 Å². The van der Waals surface area contributed by atoms with E-state index in [1.165, 1.54) is 0 Å². The van der Waals surface area contributed by atoms with Gasteiger partial charge in [0.15, 0.2) is 0 Å². The monoisotopic (exact) mass is 313 g/mol. The van der Waals surface area contributed by atoms with Gasteiger partial charge in [0.1, 0.15) is 0 Å². The molecule has 2 rings (SSSR count). The second kappa shape index (κ2) is 4.58. The second-order valence-corrected chi connectivity index (χ2v) is 7.07. The third kappa shape index (κ3) is 2.76. The number of ether oxygens (including phenoxy) is 1. The quantitative estimate of drug-likeness (QED) is 0.909. The summed E-state index contributed by atoms with van der Waals surface area (Å²) in [6.45, 7) is 8.23. The lowest BCUT2D eigenvalue weighted by molar-refractivity contribution is -0.0880. The van der Waals surface area contributed by atoms with Gasteiger partial charge in [0.25, 0.3) is 0 Å². The molecule has 1 fully saturated rings. The molecule has 0 aliphatic carbocycles. The van der Waals surface area contributed by atoms with E-state index in [0.29, 0.717) is 0 Å². The highest BCUT2D eigenvalue weighted by Crippen LogP contribution is 2.47. The van der Waals surface area contributed by atoms with Crippen molar-refractivity contribution in [3.05, 3.63) is 28.5 Å². The van der Waals surface area contributed by atoms with Gasteiger partial charge in [-0.1, -0.05) is 0 Å². The average Bonchev–Trinajstić information content (AvgIpc) is 2.45. The van der Waals surface area contributed by atoms with Gasteiger partial charge in [-0.05, 0) is 56.1 Å². The van der Waals surface area contributed by atoms with Crippen LogP contribution in [-0.2, 0) is 4.74 Å². The molecular formula is C14H20BrNO2. The van der Waals surface area contributed by atoms with Crippen LogP contribution in [0.4, 0.5) is 0 Å². The first kappa shape index (κ1) is 14.0.